The Kier molecular flexibility index (Phi) is 5.41. The molecule has 0 bridgehead atoms. The molecule has 3 rings (SSSR count). The molecule has 0 amide bonds. The lowest BCUT2D eigenvalue weighted by atomic mass is 9.86. The summed E-state index contributed by atoms with van der Waals surface area (Å²) in [6.45, 7) is 0. The molecule has 5 nitrogen and oxygen atoms in total. The number of rotatable bonds is 6. The first-order valence-electron chi connectivity index (χ1n) is 8.49. The van der Waals surface area contributed by atoms with E-state index in [1.165, 1.54) is 0 Å². The normalized spacial score (nSPS) is 20.4. The third-order valence-electron chi connectivity index (χ3n) is 4.63. The van der Waals surface area contributed by atoms with Gasteiger partial charge in [-0.3, -0.25) is 0 Å². The fraction of sp³-hybridized carbons (Fsp3) is 0.421. The molecule has 5 heteroatoms. The highest BCUT2D eigenvalue weighted by Gasteiger charge is 2.22. The summed E-state index contributed by atoms with van der Waals surface area (Å²) in [7, 11) is 1.90. The average molecular weight is 325 g/mol. The average Bonchev–Trinajstić information content (AvgIpc) is 2.64. The Bertz CT molecular complexity index is 647. The predicted molar refractivity (Wildman–Crippen MR) is 94.1 cm³/mol. The maximum atomic E-state index is 10.6. The number of benzene rings is 1. The van der Waals surface area contributed by atoms with Crippen LogP contribution in [0.1, 0.15) is 32.1 Å². The summed E-state index contributed by atoms with van der Waals surface area (Å²) in [6.07, 6.45) is 9.47. The Morgan fingerprint density at radius 3 is 2.33 bits per heavy atom. The number of nitrogens with zero attached hydrogens (tertiary/aromatic N) is 2. The van der Waals surface area contributed by atoms with Gasteiger partial charge < -0.3 is 14.8 Å². The molecule has 1 saturated carbocycles. The minimum absolute atomic E-state index is 0.161. The van der Waals surface area contributed by atoms with Crippen LogP contribution < -0.4 is 10.1 Å². The van der Waals surface area contributed by atoms with E-state index < -0.39 is 0 Å². The molecule has 0 unspecified atom stereocenters. The van der Waals surface area contributed by atoms with Crippen LogP contribution in [0.3, 0.4) is 0 Å². The lowest BCUT2D eigenvalue weighted by Crippen LogP contribution is -2.25. The number of aromatic nitrogens is 2. The Hall–Kier alpha value is -2.43. The predicted octanol–water partition coefficient (Wildman–Crippen LogP) is 3.71. The van der Waals surface area contributed by atoms with Gasteiger partial charge >= 0.3 is 6.01 Å². The highest BCUT2D eigenvalue weighted by atomic mass is 16.5. The molecule has 0 spiro atoms. The van der Waals surface area contributed by atoms with Gasteiger partial charge in [-0.1, -0.05) is 12.1 Å². The highest BCUT2D eigenvalue weighted by Crippen LogP contribution is 2.28. The molecule has 1 heterocycles. The first-order valence-corrected chi connectivity index (χ1v) is 8.49. The molecular weight excluding hydrogens is 302 g/mol. The molecule has 1 aromatic heterocycles. The van der Waals surface area contributed by atoms with Gasteiger partial charge in [-0.15, -0.1) is 0 Å². The minimum Gasteiger partial charge on any atom is -0.460 e. The Balaban J connectivity index is 1.57. The molecule has 24 heavy (non-hydrogen) atoms. The SMILES string of the molecule is CNc1ccc(-c2cnc(OC3CCC(CC=O)CC3)nc2)cc1. The van der Waals surface area contributed by atoms with Crippen molar-refractivity contribution in [1.82, 2.24) is 9.97 Å². The van der Waals surface area contributed by atoms with Crippen LogP contribution in [-0.4, -0.2) is 29.4 Å². The fourth-order valence-corrected chi connectivity index (χ4v) is 3.13. The van der Waals surface area contributed by atoms with E-state index in [2.05, 4.69) is 15.3 Å². The van der Waals surface area contributed by atoms with Crippen molar-refractivity contribution in [3.05, 3.63) is 36.7 Å². The smallest absolute Gasteiger partial charge is 0.316 e. The van der Waals surface area contributed by atoms with Crippen molar-refractivity contribution < 1.29 is 9.53 Å². The molecular formula is C19H23N3O2. The van der Waals surface area contributed by atoms with E-state index in [-0.39, 0.29) is 6.10 Å². The lowest BCUT2D eigenvalue weighted by molar-refractivity contribution is -0.109. The van der Waals surface area contributed by atoms with Crippen LogP contribution in [0.2, 0.25) is 0 Å². The summed E-state index contributed by atoms with van der Waals surface area (Å²) in [5.74, 6) is 0.520. The van der Waals surface area contributed by atoms with Gasteiger partial charge in [0, 0.05) is 37.1 Å². The number of hydrogen-bond acceptors (Lipinski definition) is 5. The van der Waals surface area contributed by atoms with Crippen molar-refractivity contribution in [3.63, 3.8) is 0 Å². The summed E-state index contributed by atoms with van der Waals surface area (Å²) in [5.41, 5.74) is 3.12. The van der Waals surface area contributed by atoms with E-state index in [0.717, 1.165) is 48.8 Å². The second-order valence-corrected chi connectivity index (χ2v) is 6.24. The van der Waals surface area contributed by atoms with Gasteiger partial charge in [0.25, 0.3) is 0 Å². The van der Waals surface area contributed by atoms with E-state index in [9.17, 15) is 4.79 Å². The van der Waals surface area contributed by atoms with Crippen molar-refractivity contribution in [1.29, 1.82) is 0 Å². The van der Waals surface area contributed by atoms with Gasteiger partial charge in [0.1, 0.15) is 12.4 Å². The topological polar surface area (TPSA) is 64.1 Å². The molecule has 1 fully saturated rings. The second kappa shape index (κ2) is 7.90. The number of carbonyl (C=O) groups excluding carboxylic acids is 1. The Morgan fingerprint density at radius 1 is 1.08 bits per heavy atom. The summed E-state index contributed by atoms with van der Waals surface area (Å²) in [6, 6.07) is 8.57. The largest absolute Gasteiger partial charge is 0.460 e. The van der Waals surface area contributed by atoms with Gasteiger partial charge in [-0.05, 0) is 49.3 Å². The molecule has 0 atom stereocenters. The highest BCUT2D eigenvalue weighted by molar-refractivity contribution is 5.64. The van der Waals surface area contributed by atoms with Crippen molar-refractivity contribution in [2.45, 2.75) is 38.2 Å². The van der Waals surface area contributed by atoms with E-state index in [4.69, 9.17) is 4.74 Å². The standard InChI is InChI=1S/C19H23N3O2/c1-20-17-6-4-15(5-7-17)16-12-21-19(22-13-16)24-18-8-2-14(3-9-18)10-11-23/h4-7,11-14,18,20H,2-3,8-10H2,1H3. The van der Waals surface area contributed by atoms with Crippen molar-refractivity contribution in [3.8, 4) is 17.1 Å². The van der Waals surface area contributed by atoms with Gasteiger partial charge in [0.2, 0.25) is 0 Å². The van der Waals surface area contributed by atoms with E-state index in [0.29, 0.717) is 18.3 Å². The zero-order chi connectivity index (χ0) is 16.8. The molecule has 0 aliphatic heterocycles. The first-order chi connectivity index (χ1) is 11.8. The Labute approximate surface area is 142 Å². The number of anilines is 1. The van der Waals surface area contributed by atoms with Crippen LogP contribution >= 0.6 is 0 Å². The zero-order valence-electron chi connectivity index (χ0n) is 13.9. The third kappa shape index (κ3) is 4.10. The van der Waals surface area contributed by atoms with E-state index in [1.54, 1.807) is 12.4 Å². The lowest BCUT2D eigenvalue weighted by Gasteiger charge is -2.27. The summed E-state index contributed by atoms with van der Waals surface area (Å²) in [4.78, 5) is 19.3. The van der Waals surface area contributed by atoms with Crippen LogP contribution in [0, 0.1) is 5.92 Å². The molecule has 1 aromatic carbocycles. The maximum absolute atomic E-state index is 10.6. The quantitative estimate of drug-likeness (QED) is 0.820. The van der Waals surface area contributed by atoms with Gasteiger partial charge in [0.15, 0.2) is 0 Å². The van der Waals surface area contributed by atoms with Crippen LogP contribution in [-0.2, 0) is 4.79 Å². The number of nitrogens with one attached hydrogen (secondary N) is 1. The minimum atomic E-state index is 0.161. The Morgan fingerprint density at radius 2 is 1.75 bits per heavy atom. The summed E-state index contributed by atoms with van der Waals surface area (Å²) >= 11 is 0. The number of carbonyl (C=O) groups is 1. The molecule has 126 valence electrons. The summed E-state index contributed by atoms with van der Waals surface area (Å²) in [5, 5.41) is 3.10. The van der Waals surface area contributed by atoms with Crippen molar-refractivity contribution in [2.75, 3.05) is 12.4 Å². The number of ether oxygens (including phenoxy) is 1. The van der Waals surface area contributed by atoms with Crippen molar-refractivity contribution in [2.24, 2.45) is 5.92 Å². The first kappa shape index (κ1) is 16.4. The van der Waals surface area contributed by atoms with Crippen LogP contribution in [0.5, 0.6) is 6.01 Å². The number of aldehydes is 1. The van der Waals surface area contributed by atoms with Gasteiger partial charge in [-0.2, -0.15) is 0 Å². The molecule has 0 radical (unpaired) electrons. The van der Waals surface area contributed by atoms with Gasteiger partial charge in [-0.25, -0.2) is 9.97 Å². The molecule has 1 N–H and O–H groups in total. The maximum Gasteiger partial charge on any atom is 0.316 e. The fourth-order valence-electron chi connectivity index (χ4n) is 3.13. The van der Waals surface area contributed by atoms with Crippen LogP contribution in [0.25, 0.3) is 11.1 Å². The van der Waals surface area contributed by atoms with E-state index in [1.807, 2.05) is 31.3 Å². The van der Waals surface area contributed by atoms with Crippen molar-refractivity contribution >= 4 is 12.0 Å². The van der Waals surface area contributed by atoms with E-state index >= 15 is 0 Å². The van der Waals surface area contributed by atoms with Gasteiger partial charge in [0.05, 0.1) is 0 Å². The third-order valence-corrected chi connectivity index (χ3v) is 4.63. The molecule has 1 aliphatic carbocycles. The zero-order valence-corrected chi connectivity index (χ0v) is 13.9. The summed E-state index contributed by atoms with van der Waals surface area (Å²) < 4.78 is 5.89. The number of hydrogen-bond donors (Lipinski definition) is 1. The molecule has 2 aromatic rings. The van der Waals surface area contributed by atoms with Crippen LogP contribution in [0.15, 0.2) is 36.7 Å². The second-order valence-electron chi connectivity index (χ2n) is 6.24. The molecule has 1 aliphatic rings. The molecule has 0 saturated heterocycles. The monoisotopic (exact) mass is 325 g/mol. The van der Waals surface area contributed by atoms with Crippen LogP contribution in [0.4, 0.5) is 5.69 Å².